The van der Waals surface area contributed by atoms with Crippen molar-refractivity contribution < 1.29 is 13.6 Å². The van der Waals surface area contributed by atoms with Crippen molar-refractivity contribution in [3.63, 3.8) is 0 Å². The third kappa shape index (κ3) is 7.81. The van der Waals surface area contributed by atoms with Gasteiger partial charge in [-0.2, -0.15) is 0 Å². The van der Waals surface area contributed by atoms with Crippen LogP contribution in [0, 0.1) is 20.8 Å². The predicted molar refractivity (Wildman–Crippen MR) is 137 cm³/mol. The van der Waals surface area contributed by atoms with Gasteiger partial charge >= 0.3 is 61.1 Å². The van der Waals surface area contributed by atoms with Crippen LogP contribution >= 0.6 is 40.4 Å². The predicted octanol–water partition coefficient (Wildman–Crippen LogP) is 10.2. The van der Waals surface area contributed by atoms with Crippen LogP contribution in [0.15, 0.2) is 89.3 Å². The summed E-state index contributed by atoms with van der Waals surface area (Å²) < 4.78 is 6.32. The Morgan fingerprint density at radius 3 is 1.06 bits per heavy atom. The van der Waals surface area contributed by atoms with Gasteiger partial charge in [0.05, 0.1) is 23.3 Å². The van der Waals surface area contributed by atoms with Crippen LogP contribution in [0.5, 0.6) is 0 Å². The zero-order chi connectivity index (χ0) is 23.3. The molecule has 0 spiro atoms. The standard InChI is InChI=1S/C26H23O.4ClH.Fe/c1-18-4-10-21(11-5-18)24-16-25(22-12-6-19(2)7-13-22)27-26(17-24)23-14-8-20(3)9-15-23;;;;;/h4-17H,1-3H3;4*1H;/q+1;;;;;+3/p-4. The second-order valence-corrected chi connectivity index (χ2v) is 18.4. The van der Waals surface area contributed by atoms with E-state index < -0.39 is 9.20 Å². The average Bonchev–Trinajstić information content (AvgIpc) is 2.74. The summed E-state index contributed by atoms with van der Waals surface area (Å²) in [5.41, 5.74) is 8.27. The van der Waals surface area contributed by atoms with Crippen LogP contribution < -0.4 is 0 Å². The maximum atomic E-state index is 6.32. The van der Waals surface area contributed by atoms with E-state index in [-0.39, 0.29) is 0 Å². The van der Waals surface area contributed by atoms with Crippen LogP contribution in [0.4, 0.5) is 0 Å². The van der Waals surface area contributed by atoms with Crippen LogP contribution in [0.25, 0.3) is 33.8 Å². The summed E-state index contributed by atoms with van der Waals surface area (Å²) in [6.07, 6.45) is 0. The molecule has 4 rings (SSSR count). The van der Waals surface area contributed by atoms with E-state index in [2.05, 4.69) is 106 Å². The van der Waals surface area contributed by atoms with E-state index >= 15 is 0 Å². The molecule has 32 heavy (non-hydrogen) atoms. The fourth-order valence-electron chi connectivity index (χ4n) is 3.13. The molecule has 0 saturated carbocycles. The van der Waals surface area contributed by atoms with Crippen molar-refractivity contribution in [2.24, 2.45) is 0 Å². The number of hydrogen-bond donors (Lipinski definition) is 0. The third-order valence-corrected chi connectivity index (χ3v) is 4.85. The summed E-state index contributed by atoms with van der Waals surface area (Å²) in [4.78, 5) is 0. The molecule has 0 amide bonds. The van der Waals surface area contributed by atoms with Gasteiger partial charge in [-0.1, -0.05) is 65.2 Å². The first-order chi connectivity index (χ1) is 15.1. The molecule has 169 valence electrons. The Kier molecular flexibility index (Phi) is 8.69. The van der Waals surface area contributed by atoms with E-state index in [0.717, 1.165) is 28.2 Å². The first-order valence-electron chi connectivity index (χ1n) is 9.81. The summed E-state index contributed by atoms with van der Waals surface area (Å²) in [5, 5.41) is 0. The zero-order valence-electron chi connectivity index (χ0n) is 17.9. The van der Waals surface area contributed by atoms with Gasteiger partial charge in [-0.15, -0.1) is 0 Å². The van der Waals surface area contributed by atoms with E-state index in [4.69, 9.17) is 44.8 Å². The summed E-state index contributed by atoms with van der Waals surface area (Å²) in [6.45, 7) is 6.31. The van der Waals surface area contributed by atoms with Crippen molar-refractivity contribution >= 4 is 40.4 Å². The minimum absolute atomic E-state index is 0.878. The number of benzene rings is 3. The van der Waals surface area contributed by atoms with Gasteiger partial charge in [0.1, 0.15) is 0 Å². The van der Waals surface area contributed by atoms with Gasteiger partial charge in [-0.25, -0.2) is 4.42 Å². The second-order valence-electron chi connectivity index (χ2n) is 7.48. The molecule has 0 saturated heterocycles. The van der Waals surface area contributed by atoms with Crippen molar-refractivity contribution in [3.05, 3.63) is 102 Å². The number of rotatable bonds is 3. The van der Waals surface area contributed by atoms with Crippen LogP contribution in [0.3, 0.4) is 0 Å². The van der Waals surface area contributed by atoms with Crippen LogP contribution in [0.2, 0.25) is 0 Å². The molecule has 0 unspecified atom stereocenters. The molecule has 3 aromatic carbocycles. The van der Waals surface area contributed by atoms with E-state index in [0.29, 0.717) is 0 Å². The summed E-state index contributed by atoms with van der Waals surface area (Å²) in [7, 11) is 17.2. The monoisotopic (exact) mass is 547 g/mol. The van der Waals surface area contributed by atoms with Gasteiger partial charge in [0.25, 0.3) is 0 Å². The third-order valence-electron chi connectivity index (χ3n) is 4.85. The number of hydrogen-bond acceptors (Lipinski definition) is 0. The van der Waals surface area contributed by atoms with Gasteiger partial charge in [-0.3, -0.25) is 0 Å². The fourth-order valence-corrected chi connectivity index (χ4v) is 3.13. The minimum atomic E-state index is -2.61. The topological polar surface area (TPSA) is 11.3 Å². The van der Waals surface area contributed by atoms with Crippen LogP contribution in [-0.2, 0) is 9.20 Å². The first kappa shape index (κ1) is 25.1. The van der Waals surface area contributed by atoms with Gasteiger partial charge in [0.15, 0.2) is 0 Å². The average molecular weight is 549 g/mol. The van der Waals surface area contributed by atoms with E-state index in [9.17, 15) is 0 Å². The molecule has 0 aliphatic rings. The Bertz CT molecular complexity index is 1010. The Morgan fingerprint density at radius 1 is 0.469 bits per heavy atom. The fraction of sp³-hybridized carbons (Fsp3) is 0.115. The molecule has 1 aromatic heterocycles. The molecule has 0 aliphatic carbocycles. The van der Waals surface area contributed by atoms with Gasteiger partial charge in [0.2, 0.25) is 0 Å². The van der Waals surface area contributed by atoms with Crippen molar-refractivity contribution in [1.82, 2.24) is 0 Å². The summed E-state index contributed by atoms with van der Waals surface area (Å²) >= 11 is 0. The molecule has 4 aromatic rings. The molecule has 0 fully saturated rings. The molecule has 0 bridgehead atoms. The molecule has 0 atom stereocenters. The van der Waals surface area contributed by atoms with Crippen LogP contribution in [-0.4, -0.2) is 0 Å². The molecule has 0 radical (unpaired) electrons. The summed E-state index contributed by atoms with van der Waals surface area (Å²) in [6, 6.07) is 29.8. The molecule has 1 heterocycles. The van der Waals surface area contributed by atoms with E-state index in [1.165, 1.54) is 22.3 Å². The zero-order valence-corrected chi connectivity index (χ0v) is 22.0. The molecular formula is C26H23Cl4FeO. The molecule has 1 nitrogen and oxygen atoms in total. The molecule has 0 N–H and O–H groups in total. The van der Waals surface area contributed by atoms with E-state index in [1.54, 1.807) is 0 Å². The van der Waals surface area contributed by atoms with Crippen molar-refractivity contribution in [2.45, 2.75) is 20.8 Å². The SMILES string of the molecule is Cc1ccc(-c2cc(-c3ccc(C)cc3)[o+]c(-c3ccc(C)cc3)c2)cc1.[Cl][Fe-]([Cl])([Cl])[Cl]. The second kappa shape index (κ2) is 11.1. The molecule has 6 heteroatoms. The number of aryl methyl sites for hydroxylation is 3. The normalized spacial score (nSPS) is 11.5. The quantitative estimate of drug-likeness (QED) is 0.183. The van der Waals surface area contributed by atoms with Crippen molar-refractivity contribution in [1.29, 1.82) is 0 Å². The molecular weight excluding hydrogens is 526 g/mol. The van der Waals surface area contributed by atoms with Gasteiger partial charge < -0.3 is 0 Å². The Hall–Kier alpha value is -1.51. The Labute approximate surface area is 209 Å². The van der Waals surface area contributed by atoms with Crippen molar-refractivity contribution in [3.8, 4) is 33.8 Å². The maximum absolute atomic E-state index is 6.32. The molecule has 0 aliphatic heterocycles. The van der Waals surface area contributed by atoms with Gasteiger partial charge in [0, 0.05) is 5.56 Å². The first-order valence-corrected chi connectivity index (χ1v) is 15.9. The number of halogens is 4. The Morgan fingerprint density at radius 2 is 0.750 bits per heavy atom. The Balaban J connectivity index is 0.000000523. The summed E-state index contributed by atoms with van der Waals surface area (Å²) in [5.74, 6) is 1.76. The van der Waals surface area contributed by atoms with Gasteiger partial charge in [-0.05, 0) is 50.6 Å². The van der Waals surface area contributed by atoms with E-state index in [1.807, 2.05) is 0 Å². The van der Waals surface area contributed by atoms with Crippen molar-refractivity contribution in [2.75, 3.05) is 0 Å². The van der Waals surface area contributed by atoms with Crippen LogP contribution in [0.1, 0.15) is 16.7 Å².